The zero-order chi connectivity index (χ0) is 18.4. The highest BCUT2D eigenvalue weighted by Gasteiger charge is 2.15. The highest BCUT2D eigenvalue weighted by Crippen LogP contribution is 2.24. The molecule has 7 heteroatoms. The van der Waals surface area contributed by atoms with E-state index in [4.69, 9.17) is 0 Å². The maximum Gasteiger partial charge on any atom is 0.234 e. The Morgan fingerprint density at radius 3 is 2.85 bits per heavy atom. The number of hydrogen-bond acceptors (Lipinski definition) is 5. The molecule has 0 aliphatic carbocycles. The summed E-state index contributed by atoms with van der Waals surface area (Å²) in [7, 11) is 0. The molecule has 0 saturated heterocycles. The summed E-state index contributed by atoms with van der Waals surface area (Å²) in [5, 5.41) is 12.2. The Morgan fingerprint density at radius 2 is 2.12 bits per heavy atom. The smallest absolute Gasteiger partial charge is 0.234 e. The van der Waals surface area contributed by atoms with Crippen molar-refractivity contribution in [1.82, 2.24) is 19.7 Å². The van der Waals surface area contributed by atoms with Crippen LogP contribution in [0.15, 0.2) is 53.9 Å². The van der Waals surface area contributed by atoms with Crippen LogP contribution in [-0.4, -0.2) is 31.4 Å². The average Bonchev–Trinajstić information content (AvgIpc) is 3.04. The van der Waals surface area contributed by atoms with Crippen LogP contribution in [0.5, 0.6) is 0 Å². The Labute approximate surface area is 157 Å². The molecule has 2 heterocycles. The zero-order valence-electron chi connectivity index (χ0n) is 14.8. The van der Waals surface area contributed by atoms with E-state index in [9.17, 15) is 4.79 Å². The van der Waals surface area contributed by atoms with Crippen molar-refractivity contribution in [3.8, 4) is 11.4 Å². The predicted molar refractivity (Wildman–Crippen MR) is 104 cm³/mol. The number of anilines is 1. The predicted octanol–water partition coefficient (Wildman–Crippen LogP) is 3.79. The second kappa shape index (κ2) is 8.62. The minimum Gasteiger partial charge on any atom is -0.325 e. The van der Waals surface area contributed by atoms with Gasteiger partial charge in [-0.3, -0.25) is 9.78 Å². The van der Waals surface area contributed by atoms with E-state index in [2.05, 4.69) is 27.4 Å². The summed E-state index contributed by atoms with van der Waals surface area (Å²) < 4.78 is 2.04. The number of aryl methyl sites for hydroxylation is 1. The molecule has 134 valence electrons. The molecule has 1 aromatic carbocycles. The number of nitrogens with one attached hydrogen (secondary N) is 1. The monoisotopic (exact) mass is 367 g/mol. The van der Waals surface area contributed by atoms with Gasteiger partial charge in [0.1, 0.15) is 0 Å². The van der Waals surface area contributed by atoms with Crippen molar-refractivity contribution in [2.24, 2.45) is 0 Å². The van der Waals surface area contributed by atoms with Gasteiger partial charge in [0.05, 0.1) is 5.75 Å². The van der Waals surface area contributed by atoms with Gasteiger partial charge in [0.2, 0.25) is 5.91 Å². The lowest BCUT2D eigenvalue weighted by Gasteiger charge is -2.09. The molecule has 0 unspecified atom stereocenters. The molecule has 0 spiro atoms. The fraction of sp³-hybridized carbons (Fsp3) is 0.263. The van der Waals surface area contributed by atoms with Gasteiger partial charge in [-0.15, -0.1) is 10.2 Å². The van der Waals surface area contributed by atoms with E-state index in [1.54, 1.807) is 12.4 Å². The Bertz CT molecular complexity index is 879. The van der Waals surface area contributed by atoms with Gasteiger partial charge in [-0.2, -0.15) is 0 Å². The maximum absolute atomic E-state index is 12.2. The molecule has 0 atom stereocenters. The Hall–Kier alpha value is -2.67. The Morgan fingerprint density at radius 1 is 1.23 bits per heavy atom. The fourth-order valence-corrected chi connectivity index (χ4v) is 3.34. The summed E-state index contributed by atoms with van der Waals surface area (Å²) in [6.45, 7) is 4.89. The second-order valence-corrected chi connectivity index (χ2v) is 6.85. The number of carbonyl (C=O) groups excluding carboxylic acids is 1. The third kappa shape index (κ3) is 4.49. The molecule has 1 amide bonds. The van der Waals surface area contributed by atoms with Crippen LogP contribution < -0.4 is 5.32 Å². The highest BCUT2D eigenvalue weighted by atomic mass is 32.2. The standard InChI is InChI=1S/C19H21N5OS/c1-3-10-24-18(15-7-5-9-20-12-15)22-23-19(24)26-13-17(25)21-16-8-4-6-14(2)11-16/h4-9,11-12H,3,10,13H2,1-2H3,(H,21,25). The van der Waals surface area contributed by atoms with Gasteiger partial charge >= 0.3 is 0 Å². The molecule has 0 radical (unpaired) electrons. The molecule has 0 saturated carbocycles. The fourth-order valence-electron chi connectivity index (χ4n) is 2.58. The van der Waals surface area contributed by atoms with Crippen molar-refractivity contribution in [2.45, 2.75) is 32.0 Å². The minimum atomic E-state index is -0.0606. The van der Waals surface area contributed by atoms with Gasteiger partial charge < -0.3 is 9.88 Å². The van der Waals surface area contributed by atoms with Crippen molar-refractivity contribution in [3.05, 3.63) is 54.4 Å². The molecular weight excluding hydrogens is 346 g/mol. The van der Waals surface area contributed by atoms with E-state index in [1.807, 2.05) is 47.9 Å². The number of carbonyl (C=O) groups is 1. The first kappa shape index (κ1) is 18.1. The largest absolute Gasteiger partial charge is 0.325 e. The van der Waals surface area contributed by atoms with Crippen LogP contribution in [0.3, 0.4) is 0 Å². The van der Waals surface area contributed by atoms with Gasteiger partial charge in [0.25, 0.3) is 0 Å². The number of hydrogen-bond donors (Lipinski definition) is 1. The SMILES string of the molecule is CCCn1c(SCC(=O)Nc2cccc(C)c2)nnc1-c1cccnc1. The molecular formula is C19H21N5OS. The van der Waals surface area contributed by atoms with Crippen LogP contribution in [-0.2, 0) is 11.3 Å². The van der Waals surface area contributed by atoms with Crippen LogP contribution in [0.25, 0.3) is 11.4 Å². The zero-order valence-corrected chi connectivity index (χ0v) is 15.7. The van der Waals surface area contributed by atoms with E-state index in [-0.39, 0.29) is 11.7 Å². The number of pyridine rings is 1. The van der Waals surface area contributed by atoms with Gasteiger partial charge in [-0.1, -0.05) is 30.8 Å². The average molecular weight is 367 g/mol. The normalized spacial score (nSPS) is 10.7. The number of aromatic nitrogens is 4. The molecule has 1 N–H and O–H groups in total. The van der Waals surface area contributed by atoms with Gasteiger partial charge in [-0.25, -0.2) is 0 Å². The third-order valence-corrected chi connectivity index (χ3v) is 4.68. The summed E-state index contributed by atoms with van der Waals surface area (Å²) in [6, 6.07) is 11.6. The van der Waals surface area contributed by atoms with Gasteiger partial charge in [0, 0.05) is 30.2 Å². The Balaban J connectivity index is 1.69. The molecule has 0 bridgehead atoms. The molecule has 6 nitrogen and oxygen atoms in total. The summed E-state index contributed by atoms with van der Waals surface area (Å²) in [6.07, 6.45) is 4.46. The van der Waals surface area contributed by atoms with Crippen molar-refractivity contribution < 1.29 is 4.79 Å². The first-order valence-electron chi connectivity index (χ1n) is 8.50. The molecule has 0 aliphatic heterocycles. The lowest BCUT2D eigenvalue weighted by Crippen LogP contribution is -2.14. The second-order valence-electron chi connectivity index (χ2n) is 5.91. The number of thioether (sulfide) groups is 1. The number of rotatable bonds is 7. The summed E-state index contributed by atoms with van der Waals surface area (Å²) in [5.41, 5.74) is 2.84. The summed E-state index contributed by atoms with van der Waals surface area (Å²) in [5.74, 6) is 0.999. The quantitative estimate of drug-likeness (QED) is 0.643. The lowest BCUT2D eigenvalue weighted by molar-refractivity contribution is -0.113. The van der Waals surface area contributed by atoms with Crippen LogP contribution in [0.2, 0.25) is 0 Å². The molecule has 26 heavy (non-hydrogen) atoms. The molecule has 0 fully saturated rings. The number of nitrogens with zero attached hydrogens (tertiary/aromatic N) is 4. The maximum atomic E-state index is 12.2. The topological polar surface area (TPSA) is 72.7 Å². The van der Waals surface area contributed by atoms with Gasteiger partial charge in [-0.05, 0) is 43.2 Å². The summed E-state index contributed by atoms with van der Waals surface area (Å²) >= 11 is 1.39. The van der Waals surface area contributed by atoms with E-state index in [1.165, 1.54) is 11.8 Å². The minimum absolute atomic E-state index is 0.0606. The van der Waals surface area contributed by atoms with E-state index in [0.29, 0.717) is 0 Å². The van der Waals surface area contributed by atoms with Crippen molar-refractivity contribution in [3.63, 3.8) is 0 Å². The van der Waals surface area contributed by atoms with Crippen LogP contribution in [0, 0.1) is 6.92 Å². The number of amides is 1. The molecule has 3 aromatic rings. The van der Waals surface area contributed by atoms with E-state index in [0.717, 1.165) is 40.8 Å². The van der Waals surface area contributed by atoms with Crippen LogP contribution in [0.4, 0.5) is 5.69 Å². The number of benzene rings is 1. The van der Waals surface area contributed by atoms with Crippen LogP contribution >= 0.6 is 11.8 Å². The first-order valence-corrected chi connectivity index (χ1v) is 9.49. The van der Waals surface area contributed by atoms with Crippen LogP contribution in [0.1, 0.15) is 18.9 Å². The summed E-state index contributed by atoms with van der Waals surface area (Å²) in [4.78, 5) is 16.4. The molecule has 0 aliphatic rings. The van der Waals surface area contributed by atoms with E-state index < -0.39 is 0 Å². The van der Waals surface area contributed by atoms with Gasteiger partial charge in [0.15, 0.2) is 11.0 Å². The van der Waals surface area contributed by atoms with Crippen molar-refractivity contribution in [1.29, 1.82) is 0 Å². The Kier molecular flexibility index (Phi) is 6.01. The van der Waals surface area contributed by atoms with Crippen molar-refractivity contribution >= 4 is 23.4 Å². The lowest BCUT2D eigenvalue weighted by atomic mass is 10.2. The molecule has 3 rings (SSSR count). The third-order valence-electron chi connectivity index (χ3n) is 3.72. The first-order chi connectivity index (χ1) is 12.7. The highest BCUT2D eigenvalue weighted by molar-refractivity contribution is 7.99. The van der Waals surface area contributed by atoms with Crippen molar-refractivity contribution in [2.75, 3.05) is 11.1 Å². The molecule has 2 aromatic heterocycles. The van der Waals surface area contributed by atoms with E-state index >= 15 is 0 Å².